The van der Waals surface area contributed by atoms with Gasteiger partial charge in [0.1, 0.15) is 5.82 Å². The maximum absolute atomic E-state index is 13.4. The number of rotatable bonds is 4. The van der Waals surface area contributed by atoms with E-state index in [-0.39, 0.29) is 5.69 Å². The van der Waals surface area contributed by atoms with Crippen LogP contribution in [0.4, 0.5) is 28.9 Å². The van der Waals surface area contributed by atoms with Gasteiger partial charge in [-0.3, -0.25) is 4.99 Å². The maximum Gasteiger partial charge on any atom is 0.419 e. The van der Waals surface area contributed by atoms with Crippen LogP contribution in [0, 0.1) is 5.82 Å². The molecule has 1 N–H and O–H groups in total. The van der Waals surface area contributed by atoms with Crippen molar-refractivity contribution in [3.63, 3.8) is 0 Å². The van der Waals surface area contributed by atoms with Gasteiger partial charge in [-0.1, -0.05) is 6.58 Å². The summed E-state index contributed by atoms with van der Waals surface area (Å²) in [6.07, 6.45) is 1.40. The fourth-order valence-electron chi connectivity index (χ4n) is 3.04. The van der Waals surface area contributed by atoms with Gasteiger partial charge in [-0.15, -0.1) is 0 Å². The zero-order valence-corrected chi connectivity index (χ0v) is 14.3. The molecular weight excluding hydrogens is 346 g/mol. The van der Waals surface area contributed by atoms with Gasteiger partial charge in [0, 0.05) is 24.6 Å². The summed E-state index contributed by atoms with van der Waals surface area (Å²) >= 11 is 0. The molecule has 0 amide bonds. The molecular formula is C19H19F4N3. The summed E-state index contributed by atoms with van der Waals surface area (Å²) in [6.45, 7) is 3.89. The first-order valence-corrected chi connectivity index (χ1v) is 8.30. The van der Waals surface area contributed by atoms with Gasteiger partial charge < -0.3 is 9.88 Å². The zero-order valence-electron chi connectivity index (χ0n) is 14.3. The number of aryl methyl sites for hydroxylation is 1. The lowest BCUT2D eigenvalue weighted by Crippen LogP contribution is -2.09. The summed E-state index contributed by atoms with van der Waals surface area (Å²) in [4.78, 5) is 4.62. The van der Waals surface area contributed by atoms with Crippen molar-refractivity contribution in [2.45, 2.75) is 31.9 Å². The molecule has 0 aliphatic heterocycles. The minimum absolute atomic E-state index is 0.119. The molecule has 1 aromatic heterocycles. The van der Waals surface area contributed by atoms with Crippen molar-refractivity contribution in [3.05, 3.63) is 54.1 Å². The molecule has 1 fully saturated rings. The Kier molecular flexibility index (Phi) is 4.89. The number of aliphatic imine (C=N–C) groups is 1. The highest BCUT2D eigenvalue weighted by Gasteiger charge is 2.34. The Bertz CT molecular complexity index is 854. The molecule has 7 heteroatoms. The van der Waals surface area contributed by atoms with Crippen molar-refractivity contribution < 1.29 is 17.6 Å². The van der Waals surface area contributed by atoms with Gasteiger partial charge >= 0.3 is 6.18 Å². The summed E-state index contributed by atoms with van der Waals surface area (Å²) in [5.74, 6) is -1.30. The SMILES string of the molecule is C=C(Nc1ccc(F)c(C(F)(F)F)c1)c1cc(N=C2CCCC2)cn1C. The summed E-state index contributed by atoms with van der Waals surface area (Å²) in [5.41, 5.74) is 1.86. The van der Waals surface area contributed by atoms with Crippen LogP contribution in [0.25, 0.3) is 5.70 Å². The first-order chi connectivity index (χ1) is 12.2. The predicted octanol–water partition coefficient (Wildman–Crippen LogP) is 5.91. The molecule has 0 atom stereocenters. The van der Waals surface area contributed by atoms with Gasteiger partial charge in [0.15, 0.2) is 0 Å². The number of benzene rings is 1. The molecule has 1 saturated carbocycles. The number of anilines is 1. The van der Waals surface area contributed by atoms with Crippen molar-refractivity contribution >= 4 is 22.8 Å². The van der Waals surface area contributed by atoms with E-state index in [1.54, 1.807) is 4.57 Å². The number of nitrogens with zero attached hydrogens (tertiary/aromatic N) is 2. The fraction of sp³-hybridized carbons (Fsp3) is 0.316. The number of halogens is 4. The second-order valence-electron chi connectivity index (χ2n) is 6.38. The van der Waals surface area contributed by atoms with Gasteiger partial charge in [0.25, 0.3) is 0 Å². The summed E-state index contributed by atoms with van der Waals surface area (Å²) in [6, 6.07) is 4.61. The highest BCUT2D eigenvalue weighted by Crippen LogP contribution is 2.34. The summed E-state index contributed by atoms with van der Waals surface area (Å²) in [5, 5.41) is 2.82. The Morgan fingerprint density at radius 1 is 1.19 bits per heavy atom. The van der Waals surface area contributed by atoms with Crippen LogP contribution < -0.4 is 5.32 Å². The van der Waals surface area contributed by atoms with Gasteiger partial charge in [0.05, 0.1) is 22.6 Å². The quantitative estimate of drug-likeness (QED) is 0.670. The molecule has 1 aliphatic carbocycles. The molecule has 0 radical (unpaired) electrons. The van der Waals surface area contributed by atoms with Crippen molar-refractivity contribution in [2.75, 3.05) is 5.32 Å². The van der Waals surface area contributed by atoms with Gasteiger partial charge in [-0.25, -0.2) is 4.39 Å². The minimum Gasteiger partial charge on any atom is -0.354 e. The van der Waals surface area contributed by atoms with E-state index in [1.807, 2.05) is 19.3 Å². The van der Waals surface area contributed by atoms with Crippen molar-refractivity contribution in [1.29, 1.82) is 0 Å². The lowest BCUT2D eigenvalue weighted by atomic mass is 10.1. The molecule has 138 valence electrons. The van der Waals surface area contributed by atoms with E-state index >= 15 is 0 Å². The fourth-order valence-corrected chi connectivity index (χ4v) is 3.04. The highest BCUT2D eigenvalue weighted by atomic mass is 19.4. The Hall–Kier alpha value is -2.57. The monoisotopic (exact) mass is 365 g/mol. The van der Waals surface area contributed by atoms with E-state index in [2.05, 4.69) is 16.9 Å². The maximum atomic E-state index is 13.4. The number of alkyl halides is 3. The van der Waals surface area contributed by atoms with Crippen LogP contribution in [0.1, 0.15) is 36.9 Å². The van der Waals surface area contributed by atoms with Crippen LogP contribution in [0.15, 0.2) is 42.0 Å². The minimum atomic E-state index is -4.75. The predicted molar refractivity (Wildman–Crippen MR) is 95.0 cm³/mol. The van der Waals surface area contributed by atoms with Crippen LogP contribution in [0.5, 0.6) is 0 Å². The Balaban J connectivity index is 1.80. The molecule has 0 saturated heterocycles. The van der Waals surface area contributed by atoms with E-state index in [0.29, 0.717) is 11.4 Å². The van der Waals surface area contributed by atoms with Crippen LogP contribution in [-0.4, -0.2) is 10.3 Å². The first-order valence-electron chi connectivity index (χ1n) is 8.30. The van der Waals surface area contributed by atoms with E-state index in [0.717, 1.165) is 49.2 Å². The molecule has 1 heterocycles. The van der Waals surface area contributed by atoms with Gasteiger partial charge in [-0.05, 0) is 49.9 Å². The smallest absolute Gasteiger partial charge is 0.354 e. The largest absolute Gasteiger partial charge is 0.419 e. The first kappa shape index (κ1) is 18.2. The molecule has 2 aromatic rings. The standard InChI is InChI=1S/C19H19F4N3/c1-12(24-14-7-8-17(20)16(9-14)19(21,22)23)18-10-15(11-26(18)2)25-13-5-3-4-6-13/h7-11,24H,1,3-6H2,2H3. The van der Waals surface area contributed by atoms with Crippen LogP contribution in [0.3, 0.4) is 0 Å². The van der Waals surface area contributed by atoms with Crippen molar-refractivity contribution in [2.24, 2.45) is 12.0 Å². The molecule has 1 aromatic carbocycles. The normalized spacial score (nSPS) is 14.6. The molecule has 0 bridgehead atoms. The number of aromatic nitrogens is 1. The van der Waals surface area contributed by atoms with Crippen molar-refractivity contribution in [1.82, 2.24) is 4.57 Å². The number of nitrogens with one attached hydrogen (secondary N) is 1. The third-order valence-electron chi connectivity index (χ3n) is 4.33. The van der Waals surface area contributed by atoms with E-state index in [1.165, 1.54) is 6.07 Å². The van der Waals surface area contributed by atoms with E-state index < -0.39 is 17.6 Å². The molecule has 0 unspecified atom stereocenters. The third-order valence-corrected chi connectivity index (χ3v) is 4.33. The average molecular weight is 365 g/mol. The Morgan fingerprint density at radius 3 is 2.54 bits per heavy atom. The summed E-state index contributed by atoms with van der Waals surface area (Å²) < 4.78 is 53.7. The number of hydrogen-bond acceptors (Lipinski definition) is 2. The second-order valence-corrected chi connectivity index (χ2v) is 6.38. The van der Waals surface area contributed by atoms with Gasteiger partial charge in [0.2, 0.25) is 0 Å². The molecule has 26 heavy (non-hydrogen) atoms. The Morgan fingerprint density at radius 2 is 1.88 bits per heavy atom. The van der Waals surface area contributed by atoms with Crippen LogP contribution >= 0.6 is 0 Å². The van der Waals surface area contributed by atoms with E-state index in [9.17, 15) is 17.6 Å². The van der Waals surface area contributed by atoms with Crippen LogP contribution in [-0.2, 0) is 13.2 Å². The van der Waals surface area contributed by atoms with Crippen molar-refractivity contribution in [3.8, 4) is 0 Å². The van der Waals surface area contributed by atoms with Gasteiger partial charge in [-0.2, -0.15) is 13.2 Å². The lowest BCUT2D eigenvalue weighted by molar-refractivity contribution is -0.139. The lowest BCUT2D eigenvalue weighted by Gasteiger charge is -2.13. The van der Waals surface area contributed by atoms with E-state index in [4.69, 9.17) is 0 Å². The Labute approximate surface area is 149 Å². The zero-order chi connectivity index (χ0) is 18.9. The number of hydrogen-bond donors (Lipinski definition) is 1. The molecule has 1 aliphatic rings. The van der Waals surface area contributed by atoms with Crippen LogP contribution in [0.2, 0.25) is 0 Å². The topological polar surface area (TPSA) is 29.3 Å². The average Bonchev–Trinajstić information content (AvgIpc) is 3.18. The second kappa shape index (κ2) is 6.97. The molecule has 0 spiro atoms. The molecule has 3 rings (SSSR count). The molecule has 3 nitrogen and oxygen atoms in total. The highest BCUT2D eigenvalue weighted by molar-refractivity contribution is 5.88. The summed E-state index contributed by atoms with van der Waals surface area (Å²) in [7, 11) is 1.81. The third kappa shape index (κ3) is 3.98.